The molecule has 0 saturated carbocycles. The number of halogens is 2. The largest absolute Gasteiger partial charge is 0.351 e. The van der Waals surface area contributed by atoms with E-state index < -0.39 is 33.9 Å². The van der Waals surface area contributed by atoms with Gasteiger partial charge in [-0.1, -0.05) is 50.0 Å². The van der Waals surface area contributed by atoms with E-state index in [9.17, 15) is 22.8 Å². The van der Waals surface area contributed by atoms with Crippen LogP contribution in [-0.4, -0.2) is 78.7 Å². The second-order valence-electron chi connectivity index (χ2n) is 12.5. The molecule has 2 aliphatic heterocycles. The first kappa shape index (κ1) is 31.3. The fraction of sp³-hybridized carbons (Fsp3) is 0.433. The predicted octanol–water partition coefficient (Wildman–Crippen LogP) is 4.03. The summed E-state index contributed by atoms with van der Waals surface area (Å²) in [6.45, 7) is 9.81. The summed E-state index contributed by atoms with van der Waals surface area (Å²) in [7, 11) is -4.07. The molecule has 0 aliphatic carbocycles. The molecule has 2 saturated heterocycles. The maximum absolute atomic E-state index is 13.9. The summed E-state index contributed by atoms with van der Waals surface area (Å²) in [6.07, 6.45) is 0.579. The average molecular weight is 649 g/mol. The highest BCUT2D eigenvalue weighted by molar-refractivity contribution is 7.89. The molecule has 2 fully saturated rings. The van der Waals surface area contributed by atoms with E-state index in [4.69, 9.17) is 23.2 Å². The van der Waals surface area contributed by atoms with Crippen molar-refractivity contribution in [1.82, 2.24) is 24.8 Å². The lowest BCUT2D eigenvalue weighted by atomic mass is 9.85. The molecular formula is C30H35Cl2N5O5S. The highest BCUT2D eigenvalue weighted by atomic mass is 35.5. The standard InChI is InChI=1S/C30H35Cl2N5O5S/c1-16-8-17(2)21-12-24(34-23(21)9-16)28(39)35-27(30(3,4)5)29(40)37-15-19-11-20(37)14-36(19)26(38)13-33-43(41,42)25-10-18(31)6-7-22(25)32/h6-10,12,19-20,27,33-34H,11,13-15H2,1-5H3,(H,35,39)/t19-,20-,27+/m0/s1. The summed E-state index contributed by atoms with van der Waals surface area (Å²) in [6, 6.07) is 8.63. The van der Waals surface area contributed by atoms with Gasteiger partial charge >= 0.3 is 0 Å². The van der Waals surface area contributed by atoms with Gasteiger partial charge in [0.05, 0.1) is 23.7 Å². The number of hydrogen-bond donors (Lipinski definition) is 3. The topological polar surface area (TPSA) is 132 Å². The Morgan fingerprint density at radius 1 is 1.02 bits per heavy atom. The molecular weight excluding hydrogens is 613 g/mol. The minimum atomic E-state index is -4.07. The Balaban J connectivity index is 1.24. The Kier molecular flexibility index (Phi) is 8.32. The van der Waals surface area contributed by atoms with E-state index in [1.807, 2.05) is 40.7 Å². The van der Waals surface area contributed by atoms with E-state index in [0.29, 0.717) is 18.7 Å². The summed E-state index contributed by atoms with van der Waals surface area (Å²) < 4.78 is 27.8. The normalized spacial score (nSPS) is 19.2. The Labute approximate surface area is 261 Å². The average Bonchev–Trinajstić information content (AvgIpc) is 3.65. The number of hydrogen-bond acceptors (Lipinski definition) is 5. The lowest BCUT2D eigenvalue weighted by Gasteiger charge is -2.39. The Hall–Kier alpha value is -3.12. The van der Waals surface area contributed by atoms with Gasteiger partial charge < -0.3 is 20.1 Å². The second kappa shape index (κ2) is 11.4. The molecule has 3 atom stereocenters. The van der Waals surface area contributed by atoms with Crippen molar-refractivity contribution < 1.29 is 22.8 Å². The lowest BCUT2D eigenvalue weighted by molar-refractivity contribution is -0.142. The number of nitrogens with one attached hydrogen (secondary N) is 3. The SMILES string of the molecule is Cc1cc(C)c2cc(C(=O)N[C@H](C(=O)N3C[C@@H]4C[C@H]3CN4C(=O)CNS(=O)(=O)c3cc(Cl)ccc3Cl)C(C)(C)C)[nH]c2c1. The van der Waals surface area contributed by atoms with Crippen molar-refractivity contribution in [3.05, 3.63) is 63.3 Å². The van der Waals surface area contributed by atoms with Crippen LogP contribution in [0.5, 0.6) is 0 Å². The second-order valence-corrected chi connectivity index (χ2v) is 15.1. The number of sulfonamides is 1. The summed E-state index contributed by atoms with van der Waals surface area (Å²) in [5.74, 6) is -0.971. The molecule has 13 heteroatoms. The molecule has 2 aromatic carbocycles. The number of aromatic nitrogens is 1. The number of rotatable bonds is 7. The Bertz CT molecular complexity index is 1730. The van der Waals surface area contributed by atoms with E-state index in [1.165, 1.54) is 18.2 Å². The van der Waals surface area contributed by atoms with Gasteiger partial charge in [-0.25, -0.2) is 13.1 Å². The molecule has 3 amide bonds. The number of aryl methyl sites for hydroxylation is 2. The Morgan fingerprint density at radius 3 is 2.35 bits per heavy atom. The molecule has 230 valence electrons. The van der Waals surface area contributed by atoms with Gasteiger partial charge in [0.25, 0.3) is 5.91 Å². The number of carbonyl (C=O) groups excluding carboxylic acids is 3. The van der Waals surface area contributed by atoms with Gasteiger partial charge in [0.1, 0.15) is 16.6 Å². The monoisotopic (exact) mass is 647 g/mol. The van der Waals surface area contributed by atoms with Crippen LogP contribution in [0.1, 0.15) is 48.8 Å². The first-order valence-corrected chi connectivity index (χ1v) is 16.2. The molecule has 0 radical (unpaired) electrons. The minimum Gasteiger partial charge on any atom is -0.351 e. The van der Waals surface area contributed by atoms with Crippen molar-refractivity contribution >= 4 is 61.8 Å². The van der Waals surface area contributed by atoms with Crippen LogP contribution in [-0.2, 0) is 19.6 Å². The highest BCUT2D eigenvalue weighted by Gasteiger charge is 2.49. The summed E-state index contributed by atoms with van der Waals surface area (Å²) in [5, 5.41) is 4.11. The third kappa shape index (κ3) is 6.26. The number of amides is 3. The number of H-pyrrole nitrogens is 1. The van der Waals surface area contributed by atoms with Gasteiger partial charge in [0.15, 0.2) is 0 Å². The van der Waals surface area contributed by atoms with E-state index >= 15 is 0 Å². The van der Waals surface area contributed by atoms with Crippen LogP contribution in [0.3, 0.4) is 0 Å². The van der Waals surface area contributed by atoms with Crippen LogP contribution in [0.15, 0.2) is 41.3 Å². The molecule has 5 rings (SSSR count). The molecule has 3 heterocycles. The van der Waals surface area contributed by atoms with Gasteiger partial charge in [-0.3, -0.25) is 14.4 Å². The number of likely N-dealkylation sites (tertiary alicyclic amines) is 2. The fourth-order valence-corrected chi connectivity index (χ4v) is 7.74. The van der Waals surface area contributed by atoms with Crippen molar-refractivity contribution in [2.45, 2.75) is 64.1 Å². The van der Waals surface area contributed by atoms with E-state index in [0.717, 1.165) is 22.0 Å². The van der Waals surface area contributed by atoms with Crippen LogP contribution < -0.4 is 10.0 Å². The zero-order valence-corrected chi connectivity index (χ0v) is 27.0. The van der Waals surface area contributed by atoms with Crippen molar-refractivity contribution in [2.24, 2.45) is 5.41 Å². The number of nitrogens with zero attached hydrogens (tertiary/aromatic N) is 2. The highest BCUT2D eigenvalue weighted by Crippen LogP contribution is 2.34. The molecule has 0 unspecified atom stereocenters. The lowest BCUT2D eigenvalue weighted by Crippen LogP contribution is -2.59. The maximum atomic E-state index is 13.9. The fourth-order valence-electron chi connectivity index (χ4n) is 6.01. The van der Waals surface area contributed by atoms with Crippen molar-refractivity contribution in [3.63, 3.8) is 0 Å². The van der Waals surface area contributed by atoms with E-state index in [2.05, 4.69) is 21.1 Å². The molecule has 43 heavy (non-hydrogen) atoms. The van der Waals surface area contributed by atoms with Crippen LogP contribution in [0, 0.1) is 19.3 Å². The maximum Gasteiger partial charge on any atom is 0.268 e. The third-order valence-electron chi connectivity index (χ3n) is 8.16. The third-order valence-corrected chi connectivity index (χ3v) is 10.3. The first-order chi connectivity index (χ1) is 20.0. The number of piperazine rings is 1. The van der Waals surface area contributed by atoms with Crippen LogP contribution in [0.4, 0.5) is 0 Å². The molecule has 10 nitrogen and oxygen atoms in total. The molecule has 0 spiro atoms. The van der Waals surface area contributed by atoms with E-state index in [-0.39, 0.29) is 45.4 Å². The molecule has 2 bridgehead atoms. The zero-order valence-electron chi connectivity index (χ0n) is 24.6. The number of benzene rings is 2. The minimum absolute atomic E-state index is 0.00558. The summed E-state index contributed by atoms with van der Waals surface area (Å²) >= 11 is 12.0. The van der Waals surface area contributed by atoms with Crippen LogP contribution in [0.25, 0.3) is 10.9 Å². The van der Waals surface area contributed by atoms with Gasteiger partial charge in [-0.2, -0.15) is 0 Å². The Morgan fingerprint density at radius 2 is 1.70 bits per heavy atom. The van der Waals surface area contributed by atoms with Gasteiger partial charge in [-0.05, 0) is 67.1 Å². The number of carbonyl (C=O) groups is 3. The zero-order chi connectivity index (χ0) is 31.4. The molecule has 1 aromatic heterocycles. The molecule has 3 aromatic rings. The molecule has 2 aliphatic rings. The quantitative estimate of drug-likeness (QED) is 0.356. The van der Waals surface area contributed by atoms with Crippen molar-refractivity contribution in [2.75, 3.05) is 19.6 Å². The van der Waals surface area contributed by atoms with Crippen molar-refractivity contribution in [1.29, 1.82) is 0 Å². The van der Waals surface area contributed by atoms with Crippen LogP contribution in [0.2, 0.25) is 10.0 Å². The van der Waals surface area contributed by atoms with Gasteiger partial charge in [0, 0.05) is 29.0 Å². The summed E-state index contributed by atoms with van der Waals surface area (Å²) in [4.78, 5) is 46.5. The predicted molar refractivity (Wildman–Crippen MR) is 166 cm³/mol. The van der Waals surface area contributed by atoms with Crippen LogP contribution >= 0.6 is 23.2 Å². The smallest absolute Gasteiger partial charge is 0.268 e. The number of fused-ring (bicyclic) bond motifs is 3. The van der Waals surface area contributed by atoms with Gasteiger partial charge in [-0.15, -0.1) is 0 Å². The summed E-state index contributed by atoms with van der Waals surface area (Å²) in [5.41, 5.74) is 2.80. The van der Waals surface area contributed by atoms with Crippen molar-refractivity contribution in [3.8, 4) is 0 Å². The van der Waals surface area contributed by atoms with Gasteiger partial charge in [0.2, 0.25) is 21.8 Å². The molecule has 3 N–H and O–H groups in total. The first-order valence-electron chi connectivity index (χ1n) is 14.0. The number of aromatic amines is 1. The van der Waals surface area contributed by atoms with E-state index in [1.54, 1.807) is 15.9 Å².